The van der Waals surface area contributed by atoms with Gasteiger partial charge < -0.3 is 15.0 Å². The lowest BCUT2D eigenvalue weighted by atomic mass is 9.87. The molecule has 1 aromatic heterocycles. The van der Waals surface area contributed by atoms with Gasteiger partial charge in [0.2, 0.25) is 5.89 Å². The average Bonchev–Trinajstić information content (AvgIpc) is 2.87. The molecule has 0 aliphatic carbocycles. The van der Waals surface area contributed by atoms with Crippen molar-refractivity contribution in [1.82, 2.24) is 10.1 Å². The van der Waals surface area contributed by atoms with Crippen LogP contribution in [0.15, 0.2) is 4.52 Å². The van der Waals surface area contributed by atoms with Crippen LogP contribution in [-0.2, 0) is 11.2 Å². The predicted octanol–water partition coefficient (Wildman–Crippen LogP) is 1.69. The summed E-state index contributed by atoms with van der Waals surface area (Å²) in [6.45, 7) is 7.83. The van der Waals surface area contributed by atoms with Crippen LogP contribution >= 0.6 is 0 Å². The van der Waals surface area contributed by atoms with Gasteiger partial charge >= 0.3 is 0 Å². The van der Waals surface area contributed by atoms with Crippen LogP contribution in [0.1, 0.15) is 44.9 Å². The third kappa shape index (κ3) is 3.04. The van der Waals surface area contributed by atoms with Crippen LogP contribution in [0.2, 0.25) is 0 Å². The summed E-state index contributed by atoms with van der Waals surface area (Å²) in [6.07, 6.45) is 1.90. The third-order valence-corrected chi connectivity index (χ3v) is 3.18. The maximum absolute atomic E-state index is 6.07. The van der Waals surface area contributed by atoms with Crippen molar-refractivity contribution in [3.63, 3.8) is 0 Å². The molecule has 2 heterocycles. The summed E-state index contributed by atoms with van der Waals surface area (Å²) in [5.41, 5.74) is 6.00. The molecule has 1 unspecified atom stereocenters. The number of aromatic nitrogens is 2. The molecule has 5 heteroatoms. The molecule has 5 nitrogen and oxygen atoms in total. The Morgan fingerprint density at radius 3 is 2.82 bits per heavy atom. The number of rotatable bonds is 3. The fourth-order valence-corrected chi connectivity index (χ4v) is 1.85. The molecule has 1 fully saturated rings. The van der Waals surface area contributed by atoms with Crippen molar-refractivity contribution in [3.8, 4) is 0 Å². The lowest BCUT2D eigenvalue weighted by Crippen LogP contribution is -2.26. The molecule has 2 rings (SSSR count). The topological polar surface area (TPSA) is 74.2 Å². The van der Waals surface area contributed by atoms with E-state index in [1.165, 1.54) is 0 Å². The molecule has 96 valence electrons. The summed E-state index contributed by atoms with van der Waals surface area (Å²) in [7, 11) is 0. The van der Waals surface area contributed by atoms with Gasteiger partial charge in [-0.05, 0) is 17.8 Å². The molecule has 0 radical (unpaired) electrons. The molecular weight excluding hydrogens is 218 g/mol. The molecule has 0 amide bonds. The highest BCUT2D eigenvalue weighted by molar-refractivity contribution is 4.97. The van der Waals surface area contributed by atoms with Crippen LogP contribution in [0.5, 0.6) is 0 Å². The van der Waals surface area contributed by atoms with E-state index in [9.17, 15) is 0 Å². The van der Waals surface area contributed by atoms with E-state index in [-0.39, 0.29) is 11.5 Å². The van der Waals surface area contributed by atoms with Gasteiger partial charge in [-0.25, -0.2) is 0 Å². The fourth-order valence-electron chi connectivity index (χ4n) is 1.85. The Labute approximate surface area is 102 Å². The molecule has 0 spiro atoms. The zero-order valence-corrected chi connectivity index (χ0v) is 10.8. The lowest BCUT2D eigenvalue weighted by molar-refractivity contribution is 0.185. The molecule has 1 aromatic rings. The Morgan fingerprint density at radius 1 is 1.47 bits per heavy atom. The van der Waals surface area contributed by atoms with Gasteiger partial charge in [0, 0.05) is 19.6 Å². The first-order valence-corrected chi connectivity index (χ1v) is 6.12. The minimum absolute atomic E-state index is 0.0692. The van der Waals surface area contributed by atoms with Crippen molar-refractivity contribution < 1.29 is 9.26 Å². The minimum atomic E-state index is -0.219. The van der Waals surface area contributed by atoms with E-state index in [0.29, 0.717) is 11.8 Å². The standard InChI is InChI=1S/C12H21N3O2/c1-12(2,3)10(13)11-14-9(15-17-11)6-8-4-5-16-7-8/h8,10H,4-7,13H2,1-3H3/t8?,10-/m1/s1. The Kier molecular flexibility index (Phi) is 3.49. The molecule has 17 heavy (non-hydrogen) atoms. The molecule has 2 N–H and O–H groups in total. The quantitative estimate of drug-likeness (QED) is 0.868. The van der Waals surface area contributed by atoms with Crippen LogP contribution < -0.4 is 5.73 Å². The first-order chi connectivity index (χ1) is 7.97. The van der Waals surface area contributed by atoms with E-state index in [0.717, 1.165) is 31.9 Å². The van der Waals surface area contributed by atoms with Gasteiger partial charge in [0.15, 0.2) is 5.82 Å². The molecule has 0 bridgehead atoms. The van der Waals surface area contributed by atoms with Gasteiger partial charge in [-0.1, -0.05) is 25.9 Å². The number of nitrogens with two attached hydrogens (primary N) is 1. The summed E-state index contributed by atoms with van der Waals surface area (Å²) in [5.74, 6) is 1.80. The van der Waals surface area contributed by atoms with Crippen molar-refractivity contribution >= 4 is 0 Å². The second-order valence-corrected chi connectivity index (χ2v) is 5.83. The second-order valence-electron chi connectivity index (χ2n) is 5.83. The lowest BCUT2D eigenvalue weighted by Gasteiger charge is -2.23. The summed E-state index contributed by atoms with van der Waals surface area (Å²) in [4.78, 5) is 4.38. The summed E-state index contributed by atoms with van der Waals surface area (Å²) in [5, 5.41) is 3.99. The Balaban J connectivity index is 2.00. The molecule has 1 saturated heterocycles. The minimum Gasteiger partial charge on any atom is -0.381 e. The molecular formula is C12H21N3O2. The number of hydrogen-bond donors (Lipinski definition) is 1. The summed E-state index contributed by atoms with van der Waals surface area (Å²) >= 11 is 0. The molecule has 1 aliphatic rings. The van der Waals surface area contributed by atoms with Gasteiger partial charge in [-0.2, -0.15) is 4.98 Å². The van der Waals surface area contributed by atoms with Crippen LogP contribution in [0.3, 0.4) is 0 Å². The first kappa shape index (κ1) is 12.5. The van der Waals surface area contributed by atoms with Crippen molar-refractivity contribution in [2.24, 2.45) is 17.1 Å². The smallest absolute Gasteiger partial charge is 0.244 e. The highest BCUT2D eigenvalue weighted by Crippen LogP contribution is 2.29. The Bertz CT molecular complexity index is 364. The number of hydrogen-bond acceptors (Lipinski definition) is 5. The molecule has 1 aliphatic heterocycles. The van der Waals surface area contributed by atoms with E-state index in [4.69, 9.17) is 15.0 Å². The highest BCUT2D eigenvalue weighted by atomic mass is 16.5. The van der Waals surface area contributed by atoms with Crippen LogP contribution in [0, 0.1) is 11.3 Å². The normalized spacial score (nSPS) is 22.9. The monoisotopic (exact) mass is 239 g/mol. The van der Waals surface area contributed by atoms with Crippen LogP contribution in [0.4, 0.5) is 0 Å². The van der Waals surface area contributed by atoms with Gasteiger partial charge in [-0.3, -0.25) is 0 Å². The predicted molar refractivity (Wildman–Crippen MR) is 63.3 cm³/mol. The number of nitrogens with zero attached hydrogens (tertiary/aromatic N) is 2. The van der Waals surface area contributed by atoms with Crippen LogP contribution in [0.25, 0.3) is 0 Å². The van der Waals surface area contributed by atoms with E-state index in [1.807, 2.05) is 0 Å². The van der Waals surface area contributed by atoms with Crippen molar-refractivity contribution in [1.29, 1.82) is 0 Å². The van der Waals surface area contributed by atoms with Crippen molar-refractivity contribution in [2.75, 3.05) is 13.2 Å². The van der Waals surface area contributed by atoms with E-state index in [2.05, 4.69) is 30.9 Å². The SMILES string of the molecule is CC(C)(C)[C@H](N)c1nc(CC2CCOC2)no1. The number of ether oxygens (including phenoxy) is 1. The zero-order chi connectivity index (χ0) is 12.5. The molecule has 0 saturated carbocycles. The summed E-state index contributed by atoms with van der Waals surface area (Å²) < 4.78 is 10.6. The van der Waals surface area contributed by atoms with E-state index >= 15 is 0 Å². The largest absolute Gasteiger partial charge is 0.381 e. The summed E-state index contributed by atoms with van der Waals surface area (Å²) in [6, 6.07) is -0.219. The Hall–Kier alpha value is -0.940. The first-order valence-electron chi connectivity index (χ1n) is 6.12. The molecule has 2 atom stereocenters. The van der Waals surface area contributed by atoms with E-state index in [1.54, 1.807) is 0 Å². The second kappa shape index (κ2) is 4.74. The van der Waals surface area contributed by atoms with E-state index < -0.39 is 0 Å². The fraction of sp³-hybridized carbons (Fsp3) is 0.833. The van der Waals surface area contributed by atoms with Crippen LogP contribution in [-0.4, -0.2) is 23.4 Å². The van der Waals surface area contributed by atoms with Gasteiger partial charge in [0.1, 0.15) is 0 Å². The average molecular weight is 239 g/mol. The zero-order valence-electron chi connectivity index (χ0n) is 10.8. The van der Waals surface area contributed by atoms with Gasteiger partial charge in [0.25, 0.3) is 0 Å². The van der Waals surface area contributed by atoms with Crippen molar-refractivity contribution in [2.45, 2.75) is 39.7 Å². The highest BCUT2D eigenvalue weighted by Gasteiger charge is 2.28. The Morgan fingerprint density at radius 2 is 2.24 bits per heavy atom. The van der Waals surface area contributed by atoms with Gasteiger partial charge in [-0.15, -0.1) is 0 Å². The maximum atomic E-state index is 6.07. The third-order valence-electron chi connectivity index (χ3n) is 3.18. The molecule has 0 aromatic carbocycles. The van der Waals surface area contributed by atoms with Crippen molar-refractivity contribution in [3.05, 3.63) is 11.7 Å². The van der Waals surface area contributed by atoms with Gasteiger partial charge in [0.05, 0.1) is 6.04 Å². The maximum Gasteiger partial charge on any atom is 0.244 e.